The van der Waals surface area contributed by atoms with E-state index in [0.717, 1.165) is 5.56 Å². The second-order valence-electron chi connectivity index (χ2n) is 4.63. The van der Waals surface area contributed by atoms with E-state index in [0.29, 0.717) is 23.9 Å². The van der Waals surface area contributed by atoms with Crippen LogP contribution in [0.4, 0.5) is 0 Å². The Labute approximate surface area is 117 Å². The van der Waals surface area contributed by atoms with E-state index in [2.05, 4.69) is 0 Å². The highest BCUT2D eigenvalue weighted by Gasteiger charge is 2.39. The Morgan fingerprint density at radius 1 is 1.00 bits per heavy atom. The molecule has 20 heavy (non-hydrogen) atoms. The molecule has 2 aromatic rings. The fourth-order valence-electron chi connectivity index (χ4n) is 2.01. The van der Waals surface area contributed by atoms with Gasteiger partial charge in [0, 0.05) is 14.0 Å². The van der Waals surface area contributed by atoms with Crippen molar-refractivity contribution < 1.29 is 18.9 Å². The van der Waals surface area contributed by atoms with Crippen LogP contribution < -0.4 is 14.2 Å². The van der Waals surface area contributed by atoms with Crippen molar-refractivity contribution in [1.29, 1.82) is 0 Å². The highest BCUT2D eigenvalue weighted by molar-refractivity contribution is 5.53. The van der Waals surface area contributed by atoms with Gasteiger partial charge in [0.15, 0.2) is 11.5 Å². The zero-order valence-electron chi connectivity index (χ0n) is 11.5. The molecule has 1 aliphatic rings. The summed E-state index contributed by atoms with van der Waals surface area (Å²) in [6.45, 7) is 2.19. The van der Waals surface area contributed by atoms with Crippen LogP contribution in [0.15, 0.2) is 48.5 Å². The SMILES string of the molecule is COC1(C)Oc2cccc(OCc3ccccc3)c2O1. The molecule has 0 amide bonds. The first-order valence-electron chi connectivity index (χ1n) is 6.43. The van der Waals surface area contributed by atoms with Gasteiger partial charge in [0.2, 0.25) is 5.75 Å². The molecule has 1 unspecified atom stereocenters. The van der Waals surface area contributed by atoms with E-state index in [9.17, 15) is 0 Å². The molecular formula is C16H16O4. The van der Waals surface area contributed by atoms with Gasteiger partial charge < -0.3 is 18.9 Å². The quantitative estimate of drug-likeness (QED) is 0.855. The van der Waals surface area contributed by atoms with Gasteiger partial charge >= 0.3 is 5.97 Å². The number of rotatable bonds is 4. The highest BCUT2D eigenvalue weighted by atomic mass is 16.9. The smallest absolute Gasteiger partial charge is 0.368 e. The fraction of sp³-hybridized carbons (Fsp3) is 0.250. The second-order valence-corrected chi connectivity index (χ2v) is 4.63. The second kappa shape index (κ2) is 5.06. The number of benzene rings is 2. The molecular weight excluding hydrogens is 256 g/mol. The number of methoxy groups -OCH3 is 1. The van der Waals surface area contributed by atoms with Gasteiger partial charge in [-0.05, 0) is 17.7 Å². The maximum absolute atomic E-state index is 5.81. The Balaban J connectivity index is 1.78. The summed E-state index contributed by atoms with van der Waals surface area (Å²) in [7, 11) is 1.54. The number of para-hydroxylation sites is 1. The van der Waals surface area contributed by atoms with E-state index in [-0.39, 0.29) is 0 Å². The molecule has 1 heterocycles. The zero-order chi connectivity index (χ0) is 14.0. The van der Waals surface area contributed by atoms with Crippen LogP contribution in [0.1, 0.15) is 12.5 Å². The van der Waals surface area contributed by atoms with Crippen molar-refractivity contribution >= 4 is 0 Å². The molecule has 0 spiro atoms. The molecule has 0 aromatic heterocycles. The van der Waals surface area contributed by atoms with Crippen molar-refractivity contribution in [2.45, 2.75) is 19.5 Å². The van der Waals surface area contributed by atoms with Crippen LogP contribution >= 0.6 is 0 Å². The van der Waals surface area contributed by atoms with E-state index < -0.39 is 5.97 Å². The third-order valence-corrected chi connectivity index (χ3v) is 3.13. The fourth-order valence-corrected chi connectivity index (χ4v) is 2.01. The lowest BCUT2D eigenvalue weighted by Gasteiger charge is -2.19. The Kier molecular flexibility index (Phi) is 3.24. The zero-order valence-corrected chi connectivity index (χ0v) is 11.5. The maximum atomic E-state index is 5.81. The molecule has 4 heteroatoms. The van der Waals surface area contributed by atoms with Crippen LogP contribution in [0.5, 0.6) is 17.2 Å². The molecule has 104 valence electrons. The predicted octanol–water partition coefficient (Wildman–Crippen LogP) is 3.36. The van der Waals surface area contributed by atoms with Gasteiger partial charge in [0.25, 0.3) is 0 Å². The van der Waals surface area contributed by atoms with Crippen molar-refractivity contribution in [1.82, 2.24) is 0 Å². The lowest BCUT2D eigenvalue weighted by Crippen LogP contribution is -2.36. The first kappa shape index (κ1) is 12.8. The van der Waals surface area contributed by atoms with Gasteiger partial charge in [-0.25, -0.2) is 0 Å². The molecule has 0 N–H and O–H groups in total. The number of ether oxygens (including phenoxy) is 4. The molecule has 0 fully saturated rings. The van der Waals surface area contributed by atoms with Crippen molar-refractivity contribution in [2.75, 3.05) is 7.11 Å². The van der Waals surface area contributed by atoms with Gasteiger partial charge in [-0.1, -0.05) is 36.4 Å². The maximum Gasteiger partial charge on any atom is 0.368 e. The van der Waals surface area contributed by atoms with Crippen LogP contribution in [0.3, 0.4) is 0 Å². The van der Waals surface area contributed by atoms with Crippen LogP contribution in [-0.2, 0) is 11.3 Å². The van der Waals surface area contributed by atoms with Crippen molar-refractivity contribution in [2.24, 2.45) is 0 Å². The summed E-state index contributed by atoms with van der Waals surface area (Å²) in [6.07, 6.45) is 0. The summed E-state index contributed by atoms with van der Waals surface area (Å²) in [4.78, 5) is 0. The molecule has 0 saturated carbocycles. The summed E-state index contributed by atoms with van der Waals surface area (Å²) in [5.41, 5.74) is 1.10. The van der Waals surface area contributed by atoms with E-state index in [1.54, 1.807) is 6.92 Å². The number of hydrogen-bond donors (Lipinski definition) is 0. The lowest BCUT2D eigenvalue weighted by molar-refractivity contribution is -0.254. The number of fused-ring (bicyclic) bond motifs is 1. The Morgan fingerprint density at radius 3 is 2.55 bits per heavy atom. The largest absolute Gasteiger partial charge is 0.485 e. The van der Waals surface area contributed by atoms with Crippen molar-refractivity contribution in [3.05, 3.63) is 54.1 Å². The minimum absolute atomic E-state index is 0.477. The average Bonchev–Trinajstić information content (AvgIpc) is 2.84. The van der Waals surface area contributed by atoms with Gasteiger partial charge in [0.1, 0.15) is 6.61 Å². The van der Waals surface area contributed by atoms with Gasteiger partial charge in [0.05, 0.1) is 0 Å². The molecule has 0 radical (unpaired) electrons. The minimum atomic E-state index is -1.09. The Bertz CT molecular complexity index is 597. The Morgan fingerprint density at radius 2 is 1.80 bits per heavy atom. The third kappa shape index (κ3) is 2.42. The monoisotopic (exact) mass is 272 g/mol. The van der Waals surface area contributed by atoms with E-state index in [4.69, 9.17) is 18.9 Å². The minimum Gasteiger partial charge on any atom is -0.485 e. The number of hydrogen-bond acceptors (Lipinski definition) is 4. The van der Waals surface area contributed by atoms with E-state index in [1.807, 2.05) is 48.5 Å². The van der Waals surface area contributed by atoms with Gasteiger partial charge in [-0.15, -0.1) is 0 Å². The van der Waals surface area contributed by atoms with Crippen LogP contribution in [0.2, 0.25) is 0 Å². The van der Waals surface area contributed by atoms with E-state index >= 15 is 0 Å². The van der Waals surface area contributed by atoms with Gasteiger partial charge in [-0.2, -0.15) is 0 Å². The summed E-state index contributed by atoms with van der Waals surface area (Å²) >= 11 is 0. The molecule has 4 nitrogen and oxygen atoms in total. The topological polar surface area (TPSA) is 36.9 Å². The first-order valence-corrected chi connectivity index (χ1v) is 6.43. The normalized spacial score (nSPS) is 19.9. The Hall–Kier alpha value is -2.20. The van der Waals surface area contributed by atoms with Gasteiger partial charge in [-0.3, -0.25) is 0 Å². The summed E-state index contributed by atoms with van der Waals surface area (Å²) in [6, 6.07) is 15.5. The summed E-state index contributed by atoms with van der Waals surface area (Å²) in [5.74, 6) is 0.758. The molecule has 0 aliphatic carbocycles. The third-order valence-electron chi connectivity index (χ3n) is 3.13. The lowest BCUT2D eigenvalue weighted by atomic mass is 10.2. The molecule has 1 aliphatic heterocycles. The molecule has 0 saturated heterocycles. The van der Waals surface area contributed by atoms with Crippen LogP contribution in [-0.4, -0.2) is 13.1 Å². The summed E-state index contributed by atoms with van der Waals surface area (Å²) < 4.78 is 22.3. The molecule has 0 bridgehead atoms. The average molecular weight is 272 g/mol. The standard InChI is InChI=1S/C16H16O4/c1-16(17-2)19-14-10-6-9-13(15(14)20-16)18-11-12-7-4-3-5-8-12/h3-10H,11H2,1-2H3. The van der Waals surface area contributed by atoms with Crippen LogP contribution in [0, 0.1) is 0 Å². The molecule has 2 aromatic carbocycles. The predicted molar refractivity (Wildman–Crippen MR) is 73.9 cm³/mol. The van der Waals surface area contributed by atoms with Crippen molar-refractivity contribution in [3.8, 4) is 17.2 Å². The van der Waals surface area contributed by atoms with E-state index in [1.165, 1.54) is 7.11 Å². The summed E-state index contributed by atoms with van der Waals surface area (Å²) in [5, 5.41) is 0. The highest BCUT2D eigenvalue weighted by Crippen LogP contribution is 2.46. The molecule has 3 rings (SSSR count). The van der Waals surface area contributed by atoms with Crippen LogP contribution in [0.25, 0.3) is 0 Å². The first-order chi connectivity index (χ1) is 9.70. The molecule has 1 atom stereocenters. The van der Waals surface area contributed by atoms with Crippen molar-refractivity contribution in [3.63, 3.8) is 0 Å².